The van der Waals surface area contributed by atoms with E-state index in [9.17, 15) is 18.0 Å². The van der Waals surface area contributed by atoms with Crippen molar-refractivity contribution in [2.24, 2.45) is 0 Å². The van der Waals surface area contributed by atoms with E-state index in [1.807, 2.05) is 31.2 Å². The summed E-state index contributed by atoms with van der Waals surface area (Å²) in [6.45, 7) is 3.13. The SMILES string of the molecule is CNC(=O)[C@@H](C)N(Cc1cccc(C)c1)C(=O)CN(c1ccc(OC)c(OC)c1)S(=O)(=O)c1ccccc1. The van der Waals surface area contributed by atoms with Crippen LogP contribution in [0.2, 0.25) is 0 Å². The van der Waals surface area contributed by atoms with Gasteiger partial charge in [-0.3, -0.25) is 13.9 Å². The van der Waals surface area contributed by atoms with Crippen LogP contribution in [0.1, 0.15) is 18.1 Å². The summed E-state index contributed by atoms with van der Waals surface area (Å²) in [5, 5.41) is 2.57. The lowest BCUT2D eigenvalue weighted by Crippen LogP contribution is -2.50. The Morgan fingerprint density at radius 2 is 1.61 bits per heavy atom. The molecular formula is C28H33N3O6S. The number of aryl methyl sites for hydroxylation is 1. The molecule has 0 unspecified atom stereocenters. The summed E-state index contributed by atoms with van der Waals surface area (Å²) in [7, 11) is 0.238. The number of benzene rings is 3. The summed E-state index contributed by atoms with van der Waals surface area (Å²) in [4.78, 5) is 27.8. The van der Waals surface area contributed by atoms with Gasteiger partial charge in [0.15, 0.2) is 11.5 Å². The summed E-state index contributed by atoms with van der Waals surface area (Å²) in [6, 6.07) is 19.2. The van der Waals surface area contributed by atoms with Crippen LogP contribution in [0, 0.1) is 6.92 Å². The predicted octanol–water partition coefficient (Wildman–Crippen LogP) is 3.37. The number of anilines is 1. The number of hydrogen-bond donors (Lipinski definition) is 1. The van der Waals surface area contributed by atoms with Gasteiger partial charge >= 0.3 is 0 Å². The third-order valence-corrected chi connectivity index (χ3v) is 7.90. The van der Waals surface area contributed by atoms with E-state index in [0.29, 0.717) is 11.5 Å². The molecule has 0 aromatic heterocycles. The highest BCUT2D eigenvalue weighted by Gasteiger charge is 2.32. The number of likely N-dealkylation sites (N-methyl/N-ethyl adjacent to an activating group) is 1. The summed E-state index contributed by atoms with van der Waals surface area (Å²) in [6.07, 6.45) is 0. The molecule has 0 aliphatic rings. The second-order valence-corrected chi connectivity index (χ2v) is 10.5. The summed E-state index contributed by atoms with van der Waals surface area (Å²) >= 11 is 0. The van der Waals surface area contributed by atoms with Gasteiger partial charge in [0.25, 0.3) is 10.0 Å². The fourth-order valence-electron chi connectivity index (χ4n) is 4.03. The van der Waals surface area contributed by atoms with Crippen LogP contribution in [0.5, 0.6) is 11.5 Å². The zero-order chi connectivity index (χ0) is 27.9. The molecule has 0 saturated carbocycles. The lowest BCUT2D eigenvalue weighted by molar-refractivity contribution is -0.139. The highest BCUT2D eigenvalue weighted by molar-refractivity contribution is 7.92. The Morgan fingerprint density at radius 1 is 0.921 bits per heavy atom. The maximum absolute atomic E-state index is 13.8. The fourth-order valence-corrected chi connectivity index (χ4v) is 5.45. The zero-order valence-electron chi connectivity index (χ0n) is 22.2. The molecule has 10 heteroatoms. The standard InChI is InChI=1S/C28H33N3O6S/c1-20-10-9-11-22(16-20)18-30(21(2)28(33)29-3)27(32)19-31(38(34,35)24-12-7-6-8-13-24)23-14-15-25(36-4)26(17-23)37-5/h6-17,21H,18-19H2,1-5H3,(H,29,33)/t21-/m1/s1. The molecule has 1 atom stereocenters. The number of amides is 2. The molecule has 0 heterocycles. The molecule has 38 heavy (non-hydrogen) atoms. The van der Waals surface area contributed by atoms with E-state index in [2.05, 4.69) is 5.32 Å². The van der Waals surface area contributed by atoms with Gasteiger partial charge in [0.2, 0.25) is 11.8 Å². The topological polar surface area (TPSA) is 105 Å². The lowest BCUT2D eigenvalue weighted by atomic mass is 10.1. The Morgan fingerprint density at radius 3 is 2.21 bits per heavy atom. The van der Waals surface area contributed by atoms with Crippen molar-refractivity contribution in [1.29, 1.82) is 0 Å². The van der Waals surface area contributed by atoms with Gasteiger partial charge in [-0.1, -0.05) is 48.0 Å². The summed E-state index contributed by atoms with van der Waals surface area (Å²) in [5.41, 5.74) is 2.03. The monoisotopic (exact) mass is 539 g/mol. The molecule has 0 aliphatic carbocycles. The second-order valence-electron chi connectivity index (χ2n) is 8.66. The zero-order valence-corrected chi connectivity index (χ0v) is 23.0. The van der Waals surface area contributed by atoms with Crippen molar-refractivity contribution in [1.82, 2.24) is 10.2 Å². The van der Waals surface area contributed by atoms with Gasteiger partial charge in [0.1, 0.15) is 12.6 Å². The van der Waals surface area contributed by atoms with E-state index in [1.165, 1.54) is 44.4 Å². The minimum atomic E-state index is -4.17. The Kier molecular flexibility index (Phi) is 9.35. The number of rotatable bonds is 11. The smallest absolute Gasteiger partial charge is 0.264 e. The average Bonchev–Trinajstić information content (AvgIpc) is 2.93. The second kappa shape index (κ2) is 12.5. The maximum atomic E-state index is 13.8. The van der Waals surface area contributed by atoms with Gasteiger partial charge < -0.3 is 19.7 Å². The van der Waals surface area contributed by atoms with Gasteiger partial charge in [0.05, 0.1) is 24.8 Å². The third-order valence-electron chi connectivity index (χ3n) is 6.11. The minimum absolute atomic E-state index is 0.0205. The number of ether oxygens (including phenoxy) is 2. The molecule has 0 fully saturated rings. The van der Waals surface area contributed by atoms with Crippen LogP contribution in [0.25, 0.3) is 0 Å². The molecule has 202 valence electrons. The molecule has 0 radical (unpaired) electrons. The molecule has 1 N–H and O–H groups in total. The van der Waals surface area contributed by atoms with Gasteiger partial charge in [-0.15, -0.1) is 0 Å². The maximum Gasteiger partial charge on any atom is 0.264 e. The first kappa shape index (κ1) is 28.5. The van der Waals surface area contributed by atoms with Crippen molar-refractivity contribution in [2.45, 2.75) is 31.3 Å². The summed E-state index contributed by atoms with van der Waals surface area (Å²) < 4.78 is 39.3. The van der Waals surface area contributed by atoms with E-state index in [1.54, 1.807) is 37.3 Å². The first-order valence-electron chi connectivity index (χ1n) is 12.0. The molecule has 3 aromatic carbocycles. The van der Waals surface area contributed by atoms with Gasteiger partial charge in [-0.25, -0.2) is 8.42 Å². The normalized spacial score (nSPS) is 11.8. The van der Waals surface area contributed by atoms with Crippen LogP contribution in [-0.2, 0) is 26.2 Å². The fraction of sp³-hybridized carbons (Fsp3) is 0.286. The largest absolute Gasteiger partial charge is 0.493 e. The molecule has 3 rings (SSSR count). The average molecular weight is 540 g/mol. The van der Waals surface area contributed by atoms with Crippen molar-refractivity contribution < 1.29 is 27.5 Å². The predicted molar refractivity (Wildman–Crippen MR) is 146 cm³/mol. The Labute approximate surface area is 224 Å². The number of carbonyl (C=O) groups excluding carboxylic acids is 2. The molecule has 3 aromatic rings. The molecule has 0 saturated heterocycles. The number of hydrogen-bond acceptors (Lipinski definition) is 6. The Balaban J connectivity index is 2.08. The van der Waals surface area contributed by atoms with Gasteiger partial charge in [0, 0.05) is 19.7 Å². The van der Waals surface area contributed by atoms with E-state index < -0.39 is 28.5 Å². The Bertz CT molecular complexity index is 1380. The third kappa shape index (κ3) is 6.44. The van der Waals surface area contributed by atoms with Crippen LogP contribution >= 0.6 is 0 Å². The molecule has 2 amide bonds. The first-order valence-corrected chi connectivity index (χ1v) is 13.4. The molecule has 0 aliphatic heterocycles. The van der Waals surface area contributed by atoms with Crippen LogP contribution in [0.3, 0.4) is 0 Å². The van der Waals surface area contributed by atoms with Crippen LogP contribution in [0.4, 0.5) is 5.69 Å². The van der Waals surface area contributed by atoms with E-state index in [-0.39, 0.29) is 23.0 Å². The summed E-state index contributed by atoms with van der Waals surface area (Å²) in [5.74, 6) is -0.193. The molecule has 0 spiro atoms. The van der Waals surface area contributed by atoms with Crippen molar-refractivity contribution in [3.63, 3.8) is 0 Å². The minimum Gasteiger partial charge on any atom is -0.493 e. The van der Waals surface area contributed by atoms with Gasteiger partial charge in [-0.2, -0.15) is 0 Å². The molecule has 0 bridgehead atoms. The van der Waals surface area contributed by atoms with Crippen LogP contribution < -0.4 is 19.1 Å². The quantitative estimate of drug-likeness (QED) is 0.401. The molecule has 9 nitrogen and oxygen atoms in total. The van der Waals surface area contributed by atoms with Crippen molar-refractivity contribution in [3.8, 4) is 11.5 Å². The Hall–Kier alpha value is -4.05. The van der Waals surface area contributed by atoms with Crippen LogP contribution in [-0.4, -0.2) is 59.0 Å². The number of nitrogens with one attached hydrogen (secondary N) is 1. The van der Waals surface area contributed by atoms with Crippen molar-refractivity contribution >= 4 is 27.5 Å². The lowest BCUT2D eigenvalue weighted by Gasteiger charge is -2.32. The highest BCUT2D eigenvalue weighted by atomic mass is 32.2. The van der Waals surface area contributed by atoms with E-state index in [0.717, 1.165) is 15.4 Å². The van der Waals surface area contributed by atoms with Gasteiger partial charge in [-0.05, 0) is 43.7 Å². The van der Waals surface area contributed by atoms with E-state index in [4.69, 9.17) is 9.47 Å². The number of methoxy groups -OCH3 is 2. The molecular weight excluding hydrogens is 506 g/mol. The van der Waals surface area contributed by atoms with Crippen molar-refractivity contribution in [2.75, 3.05) is 32.1 Å². The van der Waals surface area contributed by atoms with E-state index >= 15 is 0 Å². The number of sulfonamides is 1. The van der Waals surface area contributed by atoms with Crippen LogP contribution in [0.15, 0.2) is 77.7 Å². The first-order chi connectivity index (χ1) is 18.1. The number of carbonyl (C=O) groups is 2. The number of nitrogens with zero attached hydrogens (tertiary/aromatic N) is 2. The van der Waals surface area contributed by atoms with Crippen molar-refractivity contribution in [3.05, 3.63) is 83.9 Å². The highest BCUT2D eigenvalue weighted by Crippen LogP contribution is 2.34.